The SMILES string of the molecule is C.CC(=O)OC(C)=O.CCC(C)[C@H](CC(=O)C1CCCCN1C)C(=O)N(C)C(C[C@@H](O)c1nc(C(=O)N[C@@H](Cc2ccc(C)cc2)C[C@H](C)C(=O)OC)cs1)C(C)C.CCC(C)[C@H](CC(=O)C1CCCCN1C)C(=O)N(C)C(C[C@@H](OC(C)=O)c1nc(C(=O)N[C@@H](Cc2ccc(C)cc2)C[C@H](C)C(=O)O)cs1)C(C)C. The van der Waals surface area contributed by atoms with Crippen LogP contribution in [0.1, 0.15) is 253 Å². The minimum absolute atomic E-state index is 0. The van der Waals surface area contributed by atoms with Crippen molar-refractivity contribution in [1.29, 1.82) is 0 Å². The van der Waals surface area contributed by atoms with E-state index in [1.165, 1.54) is 50.6 Å². The molecule has 4 amide bonds. The van der Waals surface area contributed by atoms with Gasteiger partial charge < -0.3 is 44.9 Å². The van der Waals surface area contributed by atoms with Gasteiger partial charge in [-0.25, -0.2) is 9.97 Å². The number of amides is 4. The Morgan fingerprint density at radius 3 is 1.32 bits per heavy atom. The number of ether oxygens (including phenoxy) is 3. The Labute approximate surface area is 662 Å². The molecule has 0 radical (unpaired) electrons. The highest BCUT2D eigenvalue weighted by Gasteiger charge is 2.40. The van der Waals surface area contributed by atoms with Gasteiger partial charge in [-0.1, -0.05) is 162 Å². The molecular weight excluding hydrogens is 1440 g/mol. The number of thiazole rings is 2. The zero-order valence-electron chi connectivity index (χ0n) is 68.3. The Kier molecular flexibility index (Phi) is 41.8. The molecule has 14 atom stereocenters. The second kappa shape index (κ2) is 47.7. The number of hydrogen-bond donors (Lipinski definition) is 4. The van der Waals surface area contributed by atoms with Crippen molar-refractivity contribution >= 4 is 87.7 Å². The number of nitrogens with zero attached hydrogens (tertiary/aromatic N) is 6. The number of nitrogens with one attached hydrogen (secondary N) is 2. The molecule has 6 unspecified atom stereocenters. The van der Waals surface area contributed by atoms with Crippen LogP contribution in [-0.2, 0) is 70.2 Å². The van der Waals surface area contributed by atoms with Gasteiger partial charge in [-0.15, -0.1) is 22.7 Å². The summed E-state index contributed by atoms with van der Waals surface area (Å²) in [6.07, 6.45) is 8.08. The Hall–Kier alpha value is -7.65. The summed E-state index contributed by atoms with van der Waals surface area (Å²) in [4.78, 5) is 155. The summed E-state index contributed by atoms with van der Waals surface area (Å²) in [6.45, 7) is 29.1. The molecule has 4 heterocycles. The van der Waals surface area contributed by atoms with E-state index in [4.69, 9.17) is 9.47 Å². The number of hydrogen-bond acceptors (Lipinski definition) is 21. The monoisotopic (exact) mass is 1570 g/mol. The van der Waals surface area contributed by atoms with Gasteiger partial charge in [-0.05, 0) is 127 Å². The van der Waals surface area contributed by atoms with E-state index >= 15 is 0 Å². The third-order valence-corrected chi connectivity index (χ3v) is 23.3. The van der Waals surface area contributed by atoms with Gasteiger partial charge in [0.1, 0.15) is 27.5 Å². The third kappa shape index (κ3) is 31.1. The van der Waals surface area contributed by atoms with E-state index in [1.807, 2.05) is 132 Å². The fraction of sp³-hybridized carbons (Fsp3) is 0.655. The lowest BCUT2D eigenvalue weighted by Gasteiger charge is -2.37. The molecule has 0 bridgehead atoms. The van der Waals surface area contributed by atoms with Gasteiger partial charge >= 0.3 is 29.8 Å². The van der Waals surface area contributed by atoms with E-state index < -0.39 is 71.7 Å². The van der Waals surface area contributed by atoms with Gasteiger partial charge in [0.25, 0.3) is 11.8 Å². The van der Waals surface area contributed by atoms with E-state index in [1.54, 1.807) is 48.5 Å². The Morgan fingerprint density at radius 2 is 0.964 bits per heavy atom. The number of esters is 4. The summed E-state index contributed by atoms with van der Waals surface area (Å²) >= 11 is 2.40. The predicted molar refractivity (Wildman–Crippen MR) is 430 cm³/mol. The van der Waals surface area contributed by atoms with E-state index in [-0.39, 0.29) is 140 Å². The number of carboxylic acids is 1. The normalized spacial score (nSPS) is 17.8. The highest BCUT2D eigenvalue weighted by molar-refractivity contribution is 7.10. The number of aliphatic hydroxyl groups is 1. The number of aryl methyl sites for hydroxylation is 2. The maximum atomic E-state index is 14.2. The molecule has 0 spiro atoms. The highest BCUT2D eigenvalue weighted by atomic mass is 32.1. The van der Waals surface area contributed by atoms with Crippen LogP contribution in [-0.4, -0.2) is 189 Å². The molecule has 2 aromatic heterocycles. The van der Waals surface area contributed by atoms with Crippen molar-refractivity contribution in [3.63, 3.8) is 0 Å². The summed E-state index contributed by atoms with van der Waals surface area (Å²) in [7, 11) is 8.87. The van der Waals surface area contributed by atoms with Crippen LogP contribution in [0.15, 0.2) is 59.3 Å². The minimum Gasteiger partial charge on any atom is -0.481 e. The number of carbonyl (C=O) groups excluding carboxylic acids is 10. The third-order valence-electron chi connectivity index (χ3n) is 21.4. The molecule has 26 heteroatoms. The van der Waals surface area contributed by atoms with E-state index in [0.717, 1.165) is 86.7 Å². The zero-order chi connectivity index (χ0) is 81.7. The van der Waals surface area contributed by atoms with Gasteiger partial charge in [0, 0.05) is 107 Å². The molecule has 4 N–H and O–H groups in total. The van der Waals surface area contributed by atoms with Crippen molar-refractivity contribution in [3.8, 4) is 0 Å². The van der Waals surface area contributed by atoms with Crippen LogP contribution in [0.4, 0.5) is 0 Å². The molecule has 0 aliphatic carbocycles. The second-order valence-electron chi connectivity index (χ2n) is 31.0. The smallest absolute Gasteiger partial charge is 0.310 e. The maximum absolute atomic E-state index is 14.2. The molecule has 110 heavy (non-hydrogen) atoms. The van der Waals surface area contributed by atoms with Crippen LogP contribution in [0.2, 0.25) is 0 Å². The molecule has 0 saturated carbocycles. The zero-order valence-corrected chi connectivity index (χ0v) is 70.0. The fourth-order valence-electron chi connectivity index (χ4n) is 14.3. The number of methoxy groups -OCH3 is 1. The molecule has 2 fully saturated rings. The molecule has 24 nitrogen and oxygen atoms in total. The summed E-state index contributed by atoms with van der Waals surface area (Å²) in [6, 6.07) is 14.2. The molecule has 2 aliphatic heterocycles. The van der Waals surface area contributed by atoms with Gasteiger partial charge in [0.2, 0.25) is 11.8 Å². The Bertz CT molecular complexity index is 3590. The van der Waals surface area contributed by atoms with Crippen LogP contribution >= 0.6 is 22.7 Å². The standard InChI is InChI=1S/C40H60N4O7S.C39H60N4O6S.C4H6O3.CH4/c1-10-26(5)31(21-35(46)33-13-11-12-18-43(33)8)39(48)44(9)34(24(2)3)22-36(51-28(7)45)38-42-32(23-52-38)37(47)41-30(19-27(6)40(49)50)20-29-16-14-25(4)15-17-29;1-10-26(5)30(21-34(44)32-13-11-12-18-42(32)7)38(47)43(8)33(24(2)3)22-35(45)37-41-31(23-50-37)36(46)40-29(19-27(6)39(48)49-9)20-28-16-14-25(4)15-17-28;1-3(5)7-4(2)6;/h14-17,23-24,26-27,30-31,33-34,36H,10-13,18-22H2,1-9H3,(H,41,47)(H,49,50);14-17,23-24,26-27,29-30,32-33,35,45H,10-13,18-22H2,1-9H3,(H,40,46);1-2H3;1H4/t26?,27-,30+,31-,33?,34?,36+;26?,27-,29+,30-,32?,33?,35+;;/m00../s1. The summed E-state index contributed by atoms with van der Waals surface area (Å²) in [5.74, 6) is -5.63. The molecule has 2 aromatic carbocycles. The average Bonchev–Trinajstić information content (AvgIpc) is 1.47. The molecule has 6 rings (SSSR count). The Morgan fingerprint density at radius 1 is 0.573 bits per heavy atom. The quantitative estimate of drug-likeness (QED) is 0.0185. The van der Waals surface area contributed by atoms with Gasteiger partial charge in [-0.3, -0.25) is 62.5 Å². The molecule has 2 saturated heterocycles. The predicted octanol–water partition coefficient (Wildman–Crippen LogP) is 13.2. The first-order chi connectivity index (χ1) is 51.3. The summed E-state index contributed by atoms with van der Waals surface area (Å²) in [5.41, 5.74) is 4.58. The van der Waals surface area contributed by atoms with Crippen molar-refractivity contribution in [1.82, 2.24) is 40.2 Å². The average molecular weight is 1570 g/mol. The summed E-state index contributed by atoms with van der Waals surface area (Å²) in [5, 5.41) is 31.1. The largest absolute Gasteiger partial charge is 0.481 e. The fourth-order valence-corrected chi connectivity index (χ4v) is 16.0. The van der Waals surface area contributed by atoms with Crippen LogP contribution in [0.3, 0.4) is 0 Å². The first-order valence-electron chi connectivity index (χ1n) is 38.8. The van der Waals surface area contributed by atoms with Crippen LogP contribution < -0.4 is 10.6 Å². The molecule has 614 valence electrons. The Balaban J connectivity index is 0.000000520. The topological polar surface area (TPSA) is 319 Å². The number of aliphatic carboxylic acids is 1. The number of benzene rings is 2. The first-order valence-corrected chi connectivity index (χ1v) is 40.5. The van der Waals surface area contributed by atoms with Gasteiger partial charge in [0.15, 0.2) is 17.7 Å². The van der Waals surface area contributed by atoms with E-state index in [0.29, 0.717) is 29.3 Å². The number of ketones is 2. The number of carbonyl (C=O) groups is 11. The lowest BCUT2D eigenvalue weighted by Crippen LogP contribution is -2.48. The molecule has 2 aliphatic rings. The first kappa shape index (κ1) is 96.5. The van der Waals surface area contributed by atoms with Crippen LogP contribution in [0.25, 0.3) is 0 Å². The van der Waals surface area contributed by atoms with Gasteiger partial charge in [-0.2, -0.15) is 0 Å². The van der Waals surface area contributed by atoms with Crippen LogP contribution in [0, 0.1) is 61.2 Å². The lowest BCUT2D eigenvalue weighted by atomic mass is 9.83. The lowest BCUT2D eigenvalue weighted by molar-refractivity contribution is -0.156. The number of piperidine rings is 2. The number of likely N-dealkylation sites (N-methyl/N-ethyl adjacent to an activating group) is 2. The maximum Gasteiger partial charge on any atom is 0.310 e. The summed E-state index contributed by atoms with van der Waals surface area (Å²) < 4.78 is 14.7. The number of likely N-dealkylation sites (tertiary alicyclic amines) is 2. The molecule has 4 aromatic rings. The number of aromatic nitrogens is 2. The number of carboxylic acid groups (broad SMARTS) is 1. The number of rotatable bonds is 37. The second-order valence-corrected chi connectivity index (χ2v) is 32.8. The van der Waals surface area contributed by atoms with Crippen LogP contribution in [0.5, 0.6) is 0 Å². The minimum atomic E-state index is -0.994. The highest BCUT2D eigenvalue weighted by Crippen LogP contribution is 2.35. The van der Waals surface area contributed by atoms with Crippen molar-refractivity contribution in [3.05, 3.63) is 103 Å². The van der Waals surface area contributed by atoms with Crippen molar-refractivity contribution in [2.45, 2.75) is 262 Å². The van der Waals surface area contributed by atoms with E-state index in [9.17, 15) is 63.0 Å². The van der Waals surface area contributed by atoms with E-state index in [2.05, 4.69) is 35.1 Å². The number of Topliss-reactive ketones (excluding diaryl/α,β-unsaturated/α-hetero) is 2. The van der Waals surface area contributed by atoms with Crippen molar-refractivity contribution in [2.75, 3.05) is 48.4 Å². The van der Waals surface area contributed by atoms with Crippen molar-refractivity contribution < 1.29 is 77.2 Å². The van der Waals surface area contributed by atoms with Crippen molar-refractivity contribution in [2.24, 2.45) is 47.3 Å². The molecular formula is C84H130N8O16S2. The number of aliphatic hydroxyl groups excluding tert-OH is 1. The van der Waals surface area contributed by atoms with Gasteiger partial charge in [0.05, 0.1) is 31.0 Å².